The number of carbonyl (C=O) groups is 1. The number of aliphatic hydroxyl groups excluding tert-OH is 1. The van der Waals surface area contributed by atoms with Crippen LogP contribution in [0.1, 0.15) is 19.3 Å². The van der Waals surface area contributed by atoms with Crippen molar-refractivity contribution in [3.05, 3.63) is 0 Å². The van der Waals surface area contributed by atoms with Gasteiger partial charge >= 0.3 is 0 Å². The number of hydrogen-bond acceptors (Lipinski definition) is 4. The molecular formula is C12H24N2O3. The second kappa shape index (κ2) is 7.63. The lowest BCUT2D eigenvalue weighted by Crippen LogP contribution is -2.43. The summed E-state index contributed by atoms with van der Waals surface area (Å²) >= 11 is 0. The molecule has 0 spiro atoms. The third-order valence-corrected chi connectivity index (χ3v) is 3.30. The number of nitrogens with zero attached hydrogens (tertiary/aromatic N) is 1. The van der Waals surface area contributed by atoms with Crippen LogP contribution in [0.5, 0.6) is 0 Å². The number of amides is 1. The highest BCUT2D eigenvalue weighted by Crippen LogP contribution is 2.16. The maximum atomic E-state index is 12.1. The van der Waals surface area contributed by atoms with Crippen molar-refractivity contribution in [1.29, 1.82) is 0 Å². The normalized spacial score (nSPS) is 23.9. The summed E-state index contributed by atoms with van der Waals surface area (Å²) in [5.41, 5.74) is 0. The van der Waals surface area contributed by atoms with Crippen LogP contribution in [-0.2, 0) is 9.53 Å². The van der Waals surface area contributed by atoms with Gasteiger partial charge in [0.2, 0.25) is 5.91 Å². The van der Waals surface area contributed by atoms with Gasteiger partial charge in [0.25, 0.3) is 0 Å². The Kier molecular flexibility index (Phi) is 6.47. The molecule has 17 heavy (non-hydrogen) atoms. The highest BCUT2D eigenvalue weighted by molar-refractivity contribution is 5.79. The number of unbranched alkanes of at least 4 members (excludes halogenated alkanes) is 2. The molecule has 0 saturated carbocycles. The van der Waals surface area contributed by atoms with E-state index in [0.717, 1.165) is 25.8 Å². The maximum Gasteiger partial charge on any atom is 0.229 e. The molecule has 0 aromatic carbocycles. The Bertz CT molecular complexity index is 236. The Balaban J connectivity index is 2.30. The molecule has 5 heteroatoms. The third kappa shape index (κ3) is 4.26. The van der Waals surface area contributed by atoms with Crippen LogP contribution in [0.15, 0.2) is 0 Å². The van der Waals surface area contributed by atoms with Gasteiger partial charge in [0.05, 0.1) is 19.1 Å². The molecule has 0 aromatic heterocycles. The van der Waals surface area contributed by atoms with Gasteiger partial charge < -0.3 is 20.1 Å². The fourth-order valence-electron chi connectivity index (χ4n) is 2.11. The predicted octanol–water partition coefficient (Wildman–Crippen LogP) is -0.158. The van der Waals surface area contributed by atoms with Gasteiger partial charge in [-0.1, -0.05) is 0 Å². The van der Waals surface area contributed by atoms with Crippen LogP contribution in [0.4, 0.5) is 0 Å². The molecule has 100 valence electrons. The zero-order valence-corrected chi connectivity index (χ0v) is 10.8. The van der Waals surface area contributed by atoms with Crippen LogP contribution in [0.25, 0.3) is 0 Å². The molecular weight excluding hydrogens is 220 g/mol. The molecule has 1 saturated heterocycles. The number of rotatable bonds is 7. The van der Waals surface area contributed by atoms with Crippen molar-refractivity contribution in [2.75, 3.05) is 40.5 Å². The minimum atomic E-state index is -0.0529. The first kappa shape index (κ1) is 14.4. The average molecular weight is 244 g/mol. The van der Waals surface area contributed by atoms with Crippen molar-refractivity contribution in [1.82, 2.24) is 10.2 Å². The summed E-state index contributed by atoms with van der Waals surface area (Å²) in [6.07, 6.45) is 2.72. The monoisotopic (exact) mass is 244 g/mol. The molecule has 1 fully saturated rings. The fourth-order valence-corrected chi connectivity index (χ4v) is 2.11. The second-order valence-electron chi connectivity index (χ2n) is 4.58. The molecule has 2 N–H and O–H groups in total. The van der Waals surface area contributed by atoms with Crippen molar-refractivity contribution in [3.8, 4) is 0 Å². The maximum absolute atomic E-state index is 12.1. The van der Waals surface area contributed by atoms with Crippen LogP contribution in [-0.4, -0.2) is 62.4 Å². The van der Waals surface area contributed by atoms with Gasteiger partial charge in [-0.15, -0.1) is 0 Å². The summed E-state index contributed by atoms with van der Waals surface area (Å²) in [5, 5.41) is 11.8. The van der Waals surface area contributed by atoms with E-state index in [9.17, 15) is 4.79 Å². The standard InChI is InChI=1S/C12H24N2O3/c1-13-11-9-17-8-10(11)12(16)14(2)6-4-3-5-7-15/h10-11,13,15H,3-9H2,1-2H3. The van der Waals surface area contributed by atoms with Crippen molar-refractivity contribution >= 4 is 5.91 Å². The molecule has 0 radical (unpaired) electrons. The molecule has 1 heterocycles. The van der Waals surface area contributed by atoms with E-state index < -0.39 is 0 Å². The zero-order chi connectivity index (χ0) is 12.7. The smallest absolute Gasteiger partial charge is 0.229 e. The van der Waals surface area contributed by atoms with E-state index in [1.54, 1.807) is 4.90 Å². The Hall–Kier alpha value is -0.650. The fraction of sp³-hybridized carbons (Fsp3) is 0.917. The van der Waals surface area contributed by atoms with Gasteiger partial charge in [-0.2, -0.15) is 0 Å². The number of nitrogens with one attached hydrogen (secondary N) is 1. The van der Waals surface area contributed by atoms with E-state index in [4.69, 9.17) is 9.84 Å². The summed E-state index contributed by atoms with van der Waals surface area (Å²) in [7, 11) is 3.70. The van der Waals surface area contributed by atoms with E-state index >= 15 is 0 Å². The van der Waals surface area contributed by atoms with Gasteiger partial charge in [0.1, 0.15) is 0 Å². The Morgan fingerprint density at radius 3 is 2.82 bits per heavy atom. The zero-order valence-electron chi connectivity index (χ0n) is 10.8. The number of aliphatic hydroxyl groups is 1. The van der Waals surface area contributed by atoms with Crippen molar-refractivity contribution in [3.63, 3.8) is 0 Å². The van der Waals surface area contributed by atoms with E-state index in [1.807, 2.05) is 14.1 Å². The van der Waals surface area contributed by atoms with Crippen molar-refractivity contribution in [2.45, 2.75) is 25.3 Å². The molecule has 2 atom stereocenters. The lowest BCUT2D eigenvalue weighted by molar-refractivity contribution is -0.134. The number of likely N-dealkylation sites (N-methyl/N-ethyl adjacent to an activating group) is 1. The van der Waals surface area contributed by atoms with E-state index in [-0.39, 0.29) is 24.5 Å². The summed E-state index contributed by atoms with van der Waals surface area (Å²) in [5.74, 6) is 0.105. The van der Waals surface area contributed by atoms with Gasteiger partial charge in [0.15, 0.2) is 0 Å². The first-order valence-electron chi connectivity index (χ1n) is 6.31. The van der Waals surface area contributed by atoms with Crippen molar-refractivity contribution in [2.24, 2.45) is 5.92 Å². The minimum Gasteiger partial charge on any atom is -0.396 e. The average Bonchev–Trinajstić information content (AvgIpc) is 2.81. The van der Waals surface area contributed by atoms with Crippen LogP contribution >= 0.6 is 0 Å². The summed E-state index contributed by atoms with van der Waals surface area (Å²) in [4.78, 5) is 13.9. The number of hydrogen-bond donors (Lipinski definition) is 2. The first-order chi connectivity index (χ1) is 8.20. The second-order valence-corrected chi connectivity index (χ2v) is 4.58. The topological polar surface area (TPSA) is 61.8 Å². The lowest BCUT2D eigenvalue weighted by atomic mass is 10.0. The molecule has 5 nitrogen and oxygen atoms in total. The number of carbonyl (C=O) groups excluding carboxylic acids is 1. The van der Waals surface area contributed by atoms with Crippen molar-refractivity contribution < 1.29 is 14.6 Å². The predicted molar refractivity (Wildman–Crippen MR) is 65.7 cm³/mol. The van der Waals surface area contributed by atoms with Gasteiger partial charge in [-0.05, 0) is 26.3 Å². The highest BCUT2D eigenvalue weighted by atomic mass is 16.5. The molecule has 0 aliphatic carbocycles. The summed E-state index contributed by atoms with van der Waals surface area (Å²) in [6.45, 7) is 2.12. The molecule has 1 aliphatic heterocycles. The minimum absolute atomic E-state index is 0.0529. The SMILES string of the molecule is CNC1COCC1C(=O)N(C)CCCCCO. The number of ether oxygens (including phenoxy) is 1. The quantitative estimate of drug-likeness (QED) is 0.611. The Morgan fingerprint density at radius 1 is 1.41 bits per heavy atom. The summed E-state index contributed by atoms with van der Waals surface area (Å²) < 4.78 is 5.33. The molecule has 1 aliphatic rings. The van der Waals surface area contributed by atoms with Crippen LogP contribution in [0.3, 0.4) is 0 Å². The molecule has 1 amide bonds. The Morgan fingerprint density at radius 2 is 2.18 bits per heavy atom. The molecule has 2 unspecified atom stereocenters. The summed E-state index contributed by atoms with van der Waals surface area (Å²) in [6, 6.07) is 0.141. The van der Waals surface area contributed by atoms with E-state index in [1.165, 1.54) is 0 Å². The van der Waals surface area contributed by atoms with Gasteiger partial charge in [0, 0.05) is 26.2 Å². The van der Waals surface area contributed by atoms with Crippen LogP contribution < -0.4 is 5.32 Å². The van der Waals surface area contributed by atoms with E-state index in [2.05, 4.69) is 5.32 Å². The Labute approximate surface area is 103 Å². The molecule has 0 aromatic rings. The molecule has 0 bridgehead atoms. The van der Waals surface area contributed by atoms with Gasteiger partial charge in [-0.25, -0.2) is 0 Å². The van der Waals surface area contributed by atoms with Crippen LogP contribution in [0, 0.1) is 5.92 Å². The molecule has 1 rings (SSSR count). The lowest BCUT2D eigenvalue weighted by Gasteiger charge is -2.23. The largest absolute Gasteiger partial charge is 0.396 e. The third-order valence-electron chi connectivity index (χ3n) is 3.30. The van der Waals surface area contributed by atoms with Crippen LogP contribution in [0.2, 0.25) is 0 Å². The first-order valence-corrected chi connectivity index (χ1v) is 6.31. The van der Waals surface area contributed by atoms with E-state index in [0.29, 0.717) is 13.2 Å². The van der Waals surface area contributed by atoms with Gasteiger partial charge in [-0.3, -0.25) is 4.79 Å². The highest BCUT2D eigenvalue weighted by Gasteiger charge is 2.34.